The monoisotopic (exact) mass is 447 g/mol. The fraction of sp³-hybridized carbons (Fsp3) is 0.300. The molecule has 0 atom stereocenters. The minimum Gasteiger partial charge on any atom is -0.369 e. The highest BCUT2D eigenvalue weighted by Gasteiger charge is 2.35. The summed E-state index contributed by atoms with van der Waals surface area (Å²) >= 11 is 1.19. The fourth-order valence-electron chi connectivity index (χ4n) is 3.54. The highest BCUT2D eigenvalue weighted by atomic mass is 32.2. The molecule has 160 valence electrons. The molecule has 4 rings (SSSR count). The molecule has 8 nitrogen and oxygen atoms in total. The summed E-state index contributed by atoms with van der Waals surface area (Å²) in [4.78, 5) is 28.1. The molecule has 0 radical (unpaired) electrons. The molecule has 2 aromatic heterocycles. The Hall–Kier alpha value is -2.56. The largest absolute Gasteiger partial charge is 0.369 e. The number of anilines is 3. The normalized spacial score (nSPS) is 14.5. The van der Waals surface area contributed by atoms with Crippen LogP contribution in [0.2, 0.25) is 0 Å². The number of nitrogens with zero attached hydrogens (tertiary/aromatic N) is 2. The van der Waals surface area contributed by atoms with Gasteiger partial charge in [0.15, 0.2) is 0 Å². The van der Waals surface area contributed by atoms with Crippen LogP contribution in [0.15, 0.2) is 35.4 Å². The van der Waals surface area contributed by atoms with Gasteiger partial charge in [0.25, 0.3) is 5.56 Å². The molecule has 0 unspecified atom stereocenters. The summed E-state index contributed by atoms with van der Waals surface area (Å²) in [5, 5.41) is 7.21. The van der Waals surface area contributed by atoms with Gasteiger partial charge in [-0.05, 0) is 32.0 Å². The van der Waals surface area contributed by atoms with E-state index < -0.39 is 5.54 Å². The number of nitrogens with one attached hydrogen (secondary N) is 3. The van der Waals surface area contributed by atoms with E-state index in [2.05, 4.69) is 15.6 Å². The standard InChI is InChI=1S/C20H23N5O3S.H2S/c1-20(2)19(27)22-15-9-11(25(4)29-28-5)8-13(16(15)23-20)14-10-24(3)18(26)17-12(14)6-7-21-17;/h6-10,21,23H,1-5H3,(H,22,27);1H2. The molecular formula is C20H25N5O3S2. The van der Waals surface area contributed by atoms with Gasteiger partial charge in [-0.3, -0.25) is 13.9 Å². The van der Waals surface area contributed by atoms with Crippen LogP contribution in [0.1, 0.15) is 13.8 Å². The van der Waals surface area contributed by atoms with E-state index in [1.165, 1.54) is 12.2 Å². The summed E-state index contributed by atoms with van der Waals surface area (Å²) in [6.07, 6.45) is 3.59. The average molecular weight is 448 g/mol. The maximum absolute atomic E-state index is 12.5. The van der Waals surface area contributed by atoms with Gasteiger partial charge in [-0.15, -0.1) is 0 Å². The minimum atomic E-state index is -0.769. The predicted molar refractivity (Wildman–Crippen MR) is 129 cm³/mol. The number of benzene rings is 1. The van der Waals surface area contributed by atoms with Gasteiger partial charge < -0.3 is 24.4 Å². The van der Waals surface area contributed by atoms with Gasteiger partial charge in [-0.1, -0.05) is 0 Å². The van der Waals surface area contributed by atoms with Crippen LogP contribution in [0.25, 0.3) is 22.0 Å². The summed E-state index contributed by atoms with van der Waals surface area (Å²) in [5.74, 6) is -0.109. The Bertz CT molecular complexity index is 1190. The Morgan fingerprint density at radius 1 is 1.20 bits per heavy atom. The van der Waals surface area contributed by atoms with Crippen LogP contribution < -0.4 is 20.5 Å². The third kappa shape index (κ3) is 3.55. The maximum Gasteiger partial charge on any atom is 0.274 e. The van der Waals surface area contributed by atoms with E-state index in [1.54, 1.807) is 24.9 Å². The summed E-state index contributed by atoms with van der Waals surface area (Å²) in [5.41, 5.74) is 3.80. The van der Waals surface area contributed by atoms with E-state index in [-0.39, 0.29) is 25.0 Å². The fourth-order valence-corrected chi connectivity index (χ4v) is 3.96. The summed E-state index contributed by atoms with van der Waals surface area (Å²) in [6.45, 7) is 3.67. The van der Waals surface area contributed by atoms with Crippen LogP contribution in [-0.4, -0.2) is 35.2 Å². The Kier molecular flexibility index (Phi) is 5.85. The quantitative estimate of drug-likeness (QED) is 0.419. The zero-order chi connectivity index (χ0) is 20.9. The number of aromatic nitrogens is 2. The third-order valence-electron chi connectivity index (χ3n) is 5.11. The molecule has 0 saturated heterocycles. The van der Waals surface area contributed by atoms with Crippen molar-refractivity contribution >= 4 is 59.6 Å². The minimum absolute atomic E-state index is 0. The first-order valence-electron chi connectivity index (χ1n) is 9.12. The first-order chi connectivity index (χ1) is 13.7. The molecule has 1 aliphatic rings. The zero-order valence-electron chi connectivity index (χ0n) is 17.4. The van der Waals surface area contributed by atoms with E-state index in [9.17, 15) is 9.59 Å². The first-order valence-corrected chi connectivity index (χ1v) is 9.82. The van der Waals surface area contributed by atoms with E-state index in [1.807, 2.05) is 49.6 Å². The number of aromatic amines is 1. The Morgan fingerprint density at radius 3 is 2.63 bits per heavy atom. The number of rotatable bonds is 4. The van der Waals surface area contributed by atoms with Crippen molar-refractivity contribution in [3.8, 4) is 11.1 Å². The molecule has 3 aromatic rings. The van der Waals surface area contributed by atoms with Crippen molar-refractivity contribution < 1.29 is 8.98 Å². The molecule has 1 aliphatic heterocycles. The SMILES string of the molecule is COSN(C)c1cc2c(c(-c3cn(C)c(=O)c4[nH]ccc34)c1)NC(C)(C)C(=O)N2.S. The van der Waals surface area contributed by atoms with Crippen molar-refractivity contribution in [3.63, 3.8) is 0 Å². The first kappa shape index (κ1) is 22.1. The van der Waals surface area contributed by atoms with Gasteiger partial charge in [0.2, 0.25) is 5.91 Å². The van der Waals surface area contributed by atoms with Gasteiger partial charge >= 0.3 is 0 Å². The molecule has 0 bridgehead atoms. The van der Waals surface area contributed by atoms with E-state index >= 15 is 0 Å². The number of fused-ring (bicyclic) bond motifs is 2. The predicted octanol–water partition coefficient (Wildman–Crippen LogP) is 3.43. The number of aryl methyl sites for hydroxylation is 1. The van der Waals surface area contributed by atoms with Gasteiger partial charge in [-0.25, -0.2) is 0 Å². The molecule has 0 saturated carbocycles. The molecular weight excluding hydrogens is 422 g/mol. The van der Waals surface area contributed by atoms with Crippen LogP contribution in [0.3, 0.4) is 0 Å². The molecule has 1 amide bonds. The summed E-state index contributed by atoms with van der Waals surface area (Å²) in [7, 11) is 5.21. The molecule has 1 aromatic carbocycles. The molecule has 3 heterocycles. The lowest BCUT2D eigenvalue weighted by atomic mass is 9.94. The highest BCUT2D eigenvalue weighted by molar-refractivity contribution is 7.96. The highest BCUT2D eigenvalue weighted by Crippen LogP contribution is 2.44. The lowest BCUT2D eigenvalue weighted by Crippen LogP contribution is -2.47. The second-order valence-corrected chi connectivity index (χ2v) is 8.61. The van der Waals surface area contributed by atoms with Gasteiger partial charge in [0.05, 0.1) is 24.2 Å². The van der Waals surface area contributed by atoms with E-state index in [0.717, 1.165) is 27.9 Å². The Morgan fingerprint density at radius 2 is 1.93 bits per heavy atom. The number of carbonyl (C=O) groups is 1. The van der Waals surface area contributed by atoms with Crippen molar-refractivity contribution in [3.05, 3.63) is 40.9 Å². The third-order valence-corrected chi connectivity index (χ3v) is 5.69. The number of pyridine rings is 1. The second kappa shape index (κ2) is 7.93. The number of hydrogen-bond donors (Lipinski definition) is 3. The molecule has 3 N–H and O–H groups in total. The van der Waals surface area contributed by atoms with Crippen LogP contribution in [0, 0.1) is 0 Å². The van der Waals surface area contributed by atoms with Crippen LogP contribution in [0.5, 0.6) is 0 Å². The second-order valence-electron chi connectivity index (χ2n) is 7.58. The maximum atomic E-state index is 12.5. The molecule has 10 heteroatoms. The van der Waals surface area contributed by atoms with Crippen molar-refractivity contribution in [1.29, 1.82) is 0 Å². The Labute approximate surface area is 185 Å². The van der Waals surface area contributed by atoms with Crippen molar-refractivity contribution in [1.82, 2.24) is 9.55 Å². The topological polar surface area (TPSA) is 91.4 Å². The number of carbonyl (C=O) groups excluding carboxylic acids is 1. The van der Waals surface area contributed by atoms with E-state index in [4.69, 9.17) is 4.18 Å². The molecule has 0 aliphatic carbocycles. The van der Waals surface area contributed by atoms with E-state index in [0.29, 0.717) is 11.2 Å². The van der Waals surface area contributed by atoms with Crippen molar-refractivity contribution in [2.75, 3.05) is 29.1 Å². The van der Waals surface area contributed by atoms with Gasteiger partial charge in [-0.2, -0.15) is 13.5 Å². The zero-order valence-corrected chi connectivity index (χ0v) is 19.2. The lowest BCUT2D eigenvalue weighted by molar-refractivity contribution is -0.119. The van der Waals surface area contributed by atoms with Crippen molar-refractivity contribution in [2.45, 2.75) is 19.4 Å². The number of amides is 1. The van der Waals surface area contributed by atoms with Crippen LogP contribution >= 0.6 is 25.7 Å². The van der Waals surface area contributed by atoms with Crippen LogP contribution in [-0.2, 0) is 16.0 Å². The summed E-state index contributed by atoms with van der Waals surface area (Å²) in [6, 6.07) is 5.82. The average Bonchev–Trinajstić information content (AvgIpc) is 3.15. The molecule has 30 heavy (non-hydrogen) atoms. The van der Waals surface area contributed by atoms with Gasteiger partial charge in [0, 0.05) is 43.0 Å². The summed E-state index contributed by atoms with van der Waals surface area (Å²) < 4.78 is 8.61. The van der Waals surface area contributed by atoms with Crippen LogP contribution in [0.4, 0.5) is 17.1 Å². The van der Waals surface area contributed by atoms with Gasteiger partial charge in [0.1, 0.15) is 23.3 Å². The number of H-pyrrole nitrogens is 1. The van der Waals surface area contributed by atoms with Crippen molar-refractivity contribution in [2.24, 2.45) is 7.05 Å². The molecule has 0 spiro atoms. The number of hydrogen-bond acceptors (Lipinski definition) is 6. The molecule has 0 fully saturated rings. The smallest absolute Gasteiger partial charge is 0.274 e. The Balaban J connectivity index is 0.00000256. The lowest BCUT2D eigenvalue weighted by Gasteiger charge is -2.35.